The van der Waals surface area contributed by atoms with Crippen LogP contribution < -0.4 is 19.5 Å². The van der Waals surface area contributed by atoms with Gasteiger partial charge in [-0.2, -0.15) is 0 Å². The van der Waals surface area contributed by atoms with E-state index >= 15 is 0 Å². The lowest BCUT2D eigenvalue weighted by atomic mass is 9.74. The fourth-order valence-electron chi connectivity index (χ4n) is 5.56. The van der Waals surface area contributed by atoms with E-state index in [1.165, 1.54) is 10.5 Å². The van der Waals surface area contributed by atoms with E-state index in [0.29, 0.717) is 13.0 Å². The standard InChI is InChI=1S/C27H33N3O6/c1-33-13-12-30-25(31)27(28-26(30)32,16-19-4-3-5-22(14-19)34-2)21-8-10-29(11-9-21)17-20-6-7-23-24(15-20)36-18-35-23/h3-7,14-15,21H,8-13,16-18H2,1-2H3,(H,28,32). The smallest absolute Gasteiger partial charge is 0.325 e. The van der Waals surface area contributed by atoms with Crippen molar-refractivity contribution in [2.45, 2.75) is 31.3 Å². The zero-order chi connectivity index (χ0) is 25.1. The van der Waals surface area contributed by atoms with E-state index in [9.17, 15) is 9.59 Å². The van der Waals surface area contributed by atoms with E-state index < -0.39 is 5.54 Å². The van der Waals surface area contributed by atoms with Crippen molar-refractivity contribution < 1.29 is 28.5 Å². The van der Waals surface area contributed by atoms with Crippen molar-refractivity contribution in [3.8, 4) is 17.2 Å². The van der Waals surface area contributed by atoms with Crippen LogP contribution >= 0.6 is 0 Å². The molecule has 0 saturated carbocycles. The SMILES string of the molecule is COCCN1C(=O)NC(Cc2cccc(OC)c2)(C2CCN(Cc3ccc4c(c3)OCO4)CC2)C1=O. The van der Waals surface area contributed by atoms with Gasteiger partial charge in [0.1, 0.15) is 11.3 Å². The van der Waals surface area contributed by atoms with Gasteiger partial charge in [-0.1, -0.05) is 18.2 Å². The first-order valence-corrected chi connectivity index (χ1v) is 12.4. The minimum atomic E-state index is -0.984. The van der Waals surface area contributed by atoms with Gasteiger partial charge in [0.05, 0.1) is 20.3 Å². The fraction of sp³-hybridized carbons (Fsp3) is 0.481. The maximum Gasteiger partial charge on any atom is 0.325 e. The number of likely N-dealkylation sites (tertiary alicyclic amines) is 1. The Morgan fingerprint density at radius 1 is 1.03 bits per heavy atom. The Bertz CT molecular complexity index is 1120. The summed E-state index contributed by atoms with van der Waals surface area (Å²) in [5.74, 6) is 2.15. The van der Waals surface area contributed by atoms with Gasteiger partial charge in [-0.25, -0.2) is 4.79 Å². The van der Waals surface area contributed by atoms with Gasteiger partial charge in [-0.05, 0) is 67.2 Å². The predicted molar refractivity (Wildman–Crippen MR) is 132 cm³/mol. The lowest BCUT2D eigenvalue weighted by Gasteiger charge is -2.41. The quantitative estimate of drug-likeness (QED) is 0.535. The number of ether oxygens (including phenoxy) is 4. The number of benzene rings is 2. The Morgan fingerprint density at radius 3 is 2.61 bits per heavy atom. The monoisotopic (exact) mass is 495 g/mol. The summed E-state index contributed by atoms with van der Waals surface area (Å²) in [7, 11) is 3.19. The molecule has 0 radical (unpaired) electrons. The largest absolute Gasteiger partial charge is 0.497 e. The van der Waals surface area contributed by atoms with Crippen molar-refractivity contribution in [2.75, 3.05) is 47.3 Å². The molecule has 2 fully saturated rings. The van der Waals surface area contributed by atoms with Crippen LogP contribution in [0.1, 0.15) is 24.0 Å². The number of nitrogens with zero attached hydrogens (tertiary/aromatic N) is 2. The maximum absolute atomic E-state index is 13.8. The average Bonchev–Trinajstić information content (AvgIpc) is 3.45. The molecule has 3 aliphatic heterocycles. The molecule has 5 rings (SSSR count). The van der Waals surface area contributed by atoms with E-state index in [1.807, 2.05) is 36.4 Å². The van der Waals surface area contributed by atoms with Crippen LogP contribution in [0.25, 0.3) is 0 Å². The number of carbonyl (C=O) groups is 2. The van der Waals surface area contributed by atoms with Crippen molar-refractivity contribution >= 4 is 11.9 Å². The van der Waals surface area contributed by atoms with Crippen molar-refractivity contribution in [2.24, 2.45) is 5.92 Å². The van der Waals surface area contributed by atoms with Gasteiger partial charge in [0.25, 0.3) is 5.91 Å². The lowest BCUT2D eigenvalue weighted by Crippen LogP contribution is -2.57. The molecule has 0 bridgehead atoms. The summed E-state index contributed by atoms with van der Waals surface area (Å²) in [6.45, 7) is 3.28. The molecular formula is C27H33N3O6. The van der Waals surface area contributed by atoms with E-state index in [4.69, 9.17) is 18.9 Å². The molecule has 3 amide bonds. The molecule has 192 valence electrons. The summed E-state index contributed by atoms with van der Waals surface area (Å²) in [4.78, 5) is 30.4. The molecule has 2 aromatic rings. The van der Waals surface area contributed by atoms with Crippen LogP contribution in [0.15, 0.2) is 42.5 Å². The number of fused-ring (bicyclic) bond motifs is 1. The summed E-state index contributed by atoms with van der Waals surface area (Å²) >= 11 is 0. The third-order valence-corrected chi connectivity index (χ3v) is 7.47. The normalized spacial score (nSPS) is 22.2. The molecular weight excluding hydrogens is 462 g/mol. The Kier molecular flexibility index (Phi) is 7.02. The Hall–Kier alpha value is -3.30. The second-order valence-electron chi connectivity index (χ2n) is 9.62. The molecule has 1 atom stereocenters. The van der Waals surface area contributed by atoms with E-state index in [2.05, 4.69) is 16.3 Å². The minimum absolute atomic E-state index is 0.0145. The predicted octanol–water partition coefficient (Wildman–Crippen LogP) is 2.82. The summed E-state index contributed by atoms with van der Waals surface area (Å²) in [5.41, 5.74) is 1.14. The molecule has 0 spiro atoms. The molecule has 2 aromatic carbocycles. The number of nitrogens with one attached hydrogen (secondary N) is 1. The number of hydrogen-bond acceptors (Lipinski definition) is 7. The Morgan fingerprint density at radius 2 is 1.83 bits per heavy atom. The number of imide groups is 1. The third kappa shape index (κ3) is 4.73. The molecule has 3 aliphatic rings. The number of methoxy groups -OCH3 is 2. The molecule has 9 heteroatoms. The third-order valence-electron chi connectivity index (χ3n) is 7.47. The van der Waals surface area contributed by atoms with E-state index in [-0.39, 0.29) is 31.2 Å². The second-order valence-corrected chi connectivity index (χ2v) is 9.62. The van der Waals surface area contributed by atoms with Crippen LogP contribution in [0.2, 0.25) is 0 Å². The van der Waals surface area contributed by atoms with Gasteiger partial charge in [-0.3, -0.25) is 14.6 Å². The molecule has 0 aliphatic carbocycles. The molecule has 9 nitrogen and oxygen atoms in total. The number of amides is 3. The topological polar surface area (TPSA) is 89.6 Å². The van der Waals surface area contributed by atoms with Gasteiger partial charge >= 0.3 is 6.03 Å². The first-order chi connectivity index (χ1) is 17.5. The maximum atomic E-state index is 13.8. The zero-order valence-electron chi connectivity index (χ0n) is 20.8. The minimum Gasteiger partial charge on any atom is -0.497 e. The van der Waals surface area contributed by atoms with Gasteiger partial charge in [0.15, 0.2) is 11.5 Å². The number of piperidine rings is 1. The Balaban J connectivity index is 1.33. The molecule has 36 heavy (non-hydrogen) atoms. The van der Waals surface area contributed by atoms with Crippen molar-refractivity contribution in [1.29, 1.82) is 0 Å². The van der Waals surface area contributed by atoms with Crippen LogP contribution in [-0.2, 0) is 22.5 Å². The van der Waals surface area contributed by atoms with Gasteiger partial charge in [-0.15, -0.1) is 0 Å². The highest BCUT2D eigenvalue weighted by Gasteiger charge is 2.55. The van der Waals surface area contributed by atoms with Gasteiger partial charge < -0.3 is 24.3 Å². The van der Waals surface area contributed by atoms with Gasteiger partial charge in [0.2, 0.25) is 6.79 Å². The van der Waals surface area contributed by atoms with Crippen molar-refractivity contribution in [3.63, 3.8) is 0 Å². The highest BCUT2D eigenvalue weighted by Crippen LogP contribution is 2.38. The highest BCUT2D eigenvalue weighted by molar-refractivity contribution is 6.07. The summed E-state index contributed by atoms with van der Waals surface area (Å²) < 4.78 is 21.5. The highest BCUT2D eigenvalue weighted by atomic mass is 16.7. The van der Waals surface area contributed by atoms with Crippen molar-refractivity contribution in [3.05, 3.63) is 53.6 Å². The molecule has 1 N–H and O–H groups in total. The first-order valence-electron chi connectivity index (χ1n) is 12.4. The van der Waals surface area contributed by atoms with Crippen LogP contribution in [-0.4, -0.2) is 74.5 Å². The van der Waals surface area contributed by atoms with E-state index in [1.54, 1.807) is 14.2 Å². The zero-order valence-corrected chi connectivity index (χ0v) is 20.8. The van der Waals surface area contributed by atoms with Crippen LogP contribution in [0.4, 0.5) is 4.79 Å². The Labute approximate surface area is 211 Å². The average molecular weight is 496 g/mol. The molecule has 1 unspecified atom stereocenters. The number of carbonyl (C=O) groups excluding carboxylic acids is 2. The molecule has 2 saturated heterocycles. The summed E-state index contributed by atoms with van der Waals surface area (Å²) in [6.07, 6.45) is 2.03. The lowest BCUT2D eigenvalue weighted by molar-refractivity contribution is -0.134. The van der Waals surface area contributed by atoms with Crippen LogP contribution in [0, 0.1) is 5.92 Å². The van der Waals surface area contributed by atoms with Gasteiger partial charge in [0, 0.05) is 20.1 Å². The fourth-order valence-corrected chi connectivity index (χ4v) is 5.56. The number of rotatable bonds is 9. The summed E-state index contributed by atoms with van der Waals surface area (Å²) in [6, 6.07) is 13.4. The number of hydrogen-bond donors (Lipinski definition) is 1. The first kappa shape index (κ1) is 24.4. The summed E-state index contributed by atoms with van der Waals surface area (Å²) in [5, 5.41) is 3.12. The molecule has 0 aromatic heterocycles. The van der Waals surface area contributed by atoms with Crippen molar-refractivity contribution in [1.82, 2.24) is 15.1 Å². The second kappa shape index (κ2) is 10.4. The van der Waals surface area contributed by atoms with E-state index in [0.717, 1.165) is 55.3 Å². The van der Waals surface area contributed by atoms with Crippen LogP contribution in [0.5, 0.6) is 17.2 Å². The van der Waals surface area contributed by atoms with Crippen LogP contribution in [0.3, 0.4) is 0 Å². The number of urea groups is 1. The molecule has 3 heterocycles.